The van der Waals surface area contributed by atoms with Crippen molar-refractivity contribution in [2.75, 3.05) is 32.8 Å². The summed E-state index contributed by atoms with van der Waals surface area (Å²) >= 11 is 0. The summed E-state index contributed by atoms with van der Waals surface area (Å²) in [4.78, 5) is 46.8. The summed E-state index contributed by atoms with van der Waals surface area (Å²) in [5.41, 5.74) is 0. The van der Waals surface area contributed by atoms with Crippen molar-refractivity contribution in [1.29, 1.82) is 0 Å². The summed E-state index contributed by atoms with van der Waals surface area (Å²) in [7, 11) is -0.486. The summed E-state index contributed by atoms with van der Waals surface area (Å²) in [5, 5.41) is 20.8. The molecule has 0 aromatic rings. The Morgan fingerprint density at radius 1 is 0.579 bits per heavy atom. The highest BCUT2D eigenvalue weighted by atomic mass is 16.5. The highest BCUT2D eigenvalue weighted by Gasteiger charge is 2.05. The zero-order valence-electron chi connectivity index (χ0n) is 23.9. The minimum Gasteiger partial charge on any atom is -0.466 e. The van der Waals surface area contributed by atoms with Crippen molar-refractivity contribution < 1.29 is 28.9 Å². The smallest absolute Gasteiger partial charge is 0.373 e. The van der Waals surface area contributed by atoms with Crippen molar-refractivity contribution in [3.8, 4) is 0 Å². The predicted molar refractivity (Wildman–Crippen MR) is 151 cm³/mol. The average molecular weight is 541 g/mol. The van der Waals surface area contributed by atoms with Gasteiger partial charge in [0.1, 0.15) is 0 Å². The summed E-state index contributed by atoms with van der Waals surface area (Å²) in [6.45, 7) is 6.57. The van der Waals surface area contributed by atoms with Crippen molar-refractivity contribution in [1.82, 2.24) is 21.2 Å². The molecular weight excluding hydrogens is 487 g/mol. The van der Waals surface area contributed by atoms with Crippen LogP contribution in [0.2, 0.25) is 6.82 Å². The van der Waals surface area contributed by atoms with Gasteiger partial charge in [0.15, 0.2) is 0 Å². The van der Waals surface area contributed by atoms with Gasteiger partial charge in [0.25, 0.3) is 0 Å². The molecule has 0 aliphatic carbocycles. The Hall–Kier alpha value is -2.14. The number of esters is 1. The number of amides is 3. The first-order valence-corrected chi connectivity index (χ1v) is 14.7. The van der Waals surface area contributed by atoms with Gasteiger partial charge in [-0.05, 0) is 71.7 Å². The second-order valence-electron chi connectivity index (χ2n) is 9.73. The van der Waals surface area contributed by atoms with Crippen molar-refractivity contribution in [3.63, 3.8) is 0 Å². The summed E-state index contributed by atoms with van der Waals surface area (Å²) in [5.74, 6) is 0.0238. The number of carbonyl (C=O) groups is 4. The molecule has 0 heterocycles. The second-order valence-corrected chi connectivity index (χ2v) is 9.73. The van der Waals surface area contributed by atoms with Crippen LogP contribution in [0.4, 0.5) is 0 Å². The molecule has 0 saturated carbocycles. The summed E-state index contributed by atoms with van der Waals surface area (Å²) in [6, 6.07) is 0. The number of nitrogens with one attached hydrogen (secondary N) is 4. The first-order valence-electron chi connectivity index (χ1n) is 14.7. The maximum absolute atomic E-state index is 11.9. The van der Waals surface area contributed by atoms with Gasteiger partial charge in [0, 0.05) is 45.3 Å². The largest absolute Gasteiger partial charge is 0.466 e. The van der Waals surface area contributed by atoms with Crippen LogP contribution in [0.3, 0.4) is 0 Å². The van der Waals surface area contributed by atoms with Crippen LogP contribution in [0.25, 0.3) is 0 Å². The van der Waals surface area contributed by atoms with Crippen LogP contribution in [0.5, 0.6) is 0 Å². The van der Waals surface area contributed by atoms with Crippen molar-refractivity contribution in [2.45, 2.75) is 116 Å². The van der Waals surface area contributed by atoms with E-state index in [1.165, 1.54) is 0 Å². The maximum Gasteiger partial charge on any atom is 0.373 e. The van der Waals surface area contributed by atoms with Gasteiger partial charge in [-0.25, -0.2) is 0 Å². The number of ether oxygens (including phenoxy) is 1. The topological polar surface area (TPSA) is 146 Å². The lowest BCUT2D eigenvalue weighted by molar-refractivity contribution is -0.143. The van der Waals surface area contributed by atoms with E-state index >= 15 is 0 Å². The van der Waals surface area contributed by atoms with Crippen LogP contribution in [0.15, 0.2) is 0 Å². The predicted octanol–water partition coefficient (Wildman–Crippen LogP) is 2.84. The van der Waals surface area contributed by atoms with Gasteiger partial charge in [0.05, 0.1) is 6.61 Å². The average Bonchev–Trinajstić information content (AvgIpc) is 2.87. The lowest BCUT2D eigenvalue weighted by atomic mass is 9.89. The fourth-order valence-electron chi connectivity index (χ4n) is 3.83. The Balaban J connectivity index is 3.40. The quantitative estimate of drug-likeness (QED) is 0.0644. The highest BCUT2D eigenvalue weighted by Crippen LogP contribution is 2.04. The molecule has 0 aromatic heterocycles. The number of unbranched alkanes of at least 4 members (excludes halogenated alkanes) is 8. The van der Waals surface area contributed by atoms with Crippen LogP contribution >= 0.6 is 0 Å². The van der Waals surface area contributed by atoms with Gasteiger partial charge >= 0.3 is 13.0 Å². The van der Waals surface area contributed by atoms with Crippen LogP contribution in [0, 0.1) is 0 Å². The van der Waals surface area contributed by atoms with Gasteiger partial charge in [0.2, 0.25) is 17.7 Å². The molecule has 0 aromatic carbocycles. The molecule has 3 amide bonds. The fourth-order valence-corrected chi connectivity index (χ4v) is 3.83. The van der Waals surface area contributed by atoms with E-state index < -0.39 is 7.05 Å². The van der Waals surface area contributed by atoms with E-state index in [0.29, 0.717) is 51.9 Å². The molecule has 0 rings (SSSR count). The first kappa shape index (κ1) is 35.9. The van der Waals surface area contributed by atoms with Gasteiger partial charge in [-0.1, -0.05) is 25.7 Å². The fraction of sp³-hybridized carbons (Fsp3) is 0.852. The Morgan fingerprint density at radius 3 is 1.32 bits per heavy atom. The standard InChI is InChI=1S/C27H53BN4O6/c1-3-38-27(36)19-11-7-14-22-31-25(34)17-9-5-12-20-29-24(33)16-8-4-13-21-30-26(35)18-10-6-15-23-32-28(2)37/h32,37H,3-23H2,1-2H3,(H,29,33)(H,30,35)(H,31,34). The Kier molecular flexibility index (Phi) is 25.0. The van der Waals surface area contributed by atoms with Crippen molar-refractivity contribution in [2.24, 2.45) is 0 Å². The molecule has 0 atom stereocenters. The molecule has 0 radical (unpaired) electrons. The number of hydrogen-bond donors (Lipinski definition) is 5. The number of rotatable bonds is 26. The first-order chi connectivity index (χ1) is 18.3. The van der Waals surface area contributed by atoms with E-state index in [2.05, 4.69) is 21.2 Å². The van der Waals surface area contributed by atoms with Gasteiger partial charge < -0.3 is 30.9 Å². The minimum atomic E-state index is -0.486. The van der Waals surface area contributed by atoms with Crippen molar-refractivity contribution >= 4 is 30.7 Å². The molecule has 0 saturated heterocycles. The van der Waals surface area contributed by atoms with Crippen LogP contribution in [-0.4, -0.2) is 68.6 Å². The third kappa shape index (κ3) is 26.9. The lowest BCUT2D eigenvalue weighted by Crippen LogP contribution is -2.31. The Morgan fingerprint density at radius 2 is 0.947 bits per heavy atom. The van der Waals surface area contributed by atoms with E-state index in [4.69, 9.17) is 9.76 Å². The van der Waals surface area contributed by atoms with E-state index in [-0.39, 0.29) is 23.7 Å². The molecule has 0 fully saturated rings. The third-order valence-electron chi connectivity index (χ3n) is 6.01. The zero-order chi connectivity index (χ0) is 28.3. The van der Waals surface area contributed by atoms with Crippen LogP contribution in [0.1, 0.15) is 110 Å². The molecule has 11 heteroatoms. The monoisotopic (exact) mass is 540 g/mol. The molecule has 0 bridgehead atoms. The van der Waals surface area contributed by atoms with Gasteiger partial charge in [-0.15, -0.1) is 0 Å². The minimum absolute atomic E-state index is 0.0529. The SMILES string of the molecule is CCOC(=O)CCCCCNC(=O)CCCCCNC(=O)CCCCCNC(=O)CCCCCNB(C)O. The van der Waals surface area contributed by atoms with Crippen LogP contribution in [-0.2, 0) is 23.9 Å². The molecule has 220 valence electrons. The molecule has 0 aliphatic heterocycles. The number of hydrogen-bond acceptors (Lipinski definition) is 7. The Labute approximate surface area is 230 Å². The van der Waals surface area contributed by atoms with E-state index in [0.717, 1.165) is 83.6 Å². The van der Waals surface area contributed by atoms with Gasteiger partial charge in [-0.2, -0.15) is 0 Å². The van der Waals surface area contributed by atoms with Gasteiger partial charge in [-0.3, -0.25) is 19.2 Å². The van der Waals surface area contributed by atoms with E-state index in [1.807, 2.05) is 0 Å². The molecule has 0 aliphatic rings. The Bertz CT molecular complexity index is 637. The molecule has 5 N–H and O–H groups in total. The molecular formula is C27H53BN4O6. The molecule has 38 heavy (non-hydrogen) atoms. The zero-order valence-corrected chi connectivity index (χ0v) is 23.9. The number of carbonyl (C=O) groups excluding carboxylic acids is 4. The normalized spacial score (nSPS) is 10.6. The second kappa shape index (κ2) is 26.5. The highest BCUT2D eigenvalue weighted by molar-refractivity contribution is 6.45. The summed E-state index contributed by atoms with van der Waals surface area (Å²) < 4.78 is 4.88. The van der Waals surface area contributed by atoms with E-state index in [1.54, 1.807) is 13.7 Å². The van der Waals surface area contributed by atoms with Crippen molar-refractivity contribution in [3.05, 3.63) is 0 Å². The van der Waals surface area contributed by atoms with E-state index in [9.17, 15) is 19.2 Å². The maximum atomic E-state index is 11.9. The molecule has 0 unspecified atom stereocenters. The van der Waals surface area contributed by atoms with Crippen LogP contribution < -0.4 is 21.2 Å². The molecule has 0 spiro atoms. The third-order valence-corrected chi connectivity index (χ3v) is 6.01. The summed E-state index contributed by atoms with van der Waals surface area (Å²) in [6.07, 6.45) is 12.4. The molecule has 10 nitrogen and oxygen atoms in total. The lowest BCUT2D eigenvalue weighted by Gasteiger charge is -2.07.